The Hall–Kier alpha value is -3.60. The van der Waals surface area contributed by atoms with Gasteiger partial charge in [0.1, 0.15) is 5.75 Å². The molecule has 154 valence electrons. The lowest BCUT2D eigenvalue weighted by molar-refractivity contribution is -0.161. The number of hydrogen-bond donors (Lipinski definition) is 0. The van der Waals surface area contributed by atoms with Crippen molar-refractivity contribution < 1.29 is 19.1 Å². The van der Waals surface area contributed by atoms with E-state index >= 15 is 0 Å². The lowest BCUT2D eigenvalue weighted by atomic mass is 10.0. The quantitative estimate of drug-likeness (QED) is 0.533. The summed E-state index contributed by atoms with van der Waals surface area (Å²) >= 11 is 0. The number of carbonyl (C=O) groups excluding carboxylic acids is 2. The van der Waals surface area contributed by atoms with Crippen LogP contribution in [0, 0.1) is 0 Å². The van der Waals surface area contributed by atoms with Crippen LogP contribution < -0.4 is 4.74 Å². The standard InChI is InChI=1S/C25H25NO4/c1-26(2)25(28)24(20-13-7-4-8-14-20)30-23(27)18-29-22-16-10-9-15-21(22)17-19-11-5-3-6-12-19/h3-16,24H,17-18H2,1-2H3. The maximum absolute atomic E-state index is 12.5. The average molecular weight is 403 g/mol. The highest BCUT2D eigenvalue weighted by Gasteiger charge is 2.26. The summed E-state index contributed by atoms with van der Waals surface area (Å²) in [7, 11) is 3.25. The van der Waals surface area contributed by atoms with E-state index in [0.717, 1.165) is 11.1 Å². The summed E-state index contributed by atoms with van der Waals surface area (Å²) in [5.74, 6) is -0.291. The lowest BCUT2D eigenvalue weighted by Crippen LogP contribution is -2.32. The van der Waals surface area contributed by atoms with Crippen LogP contribution in [0.2, 0.25) is 0 Å². The van der Waals surface area contributed by atoms with Crippen LogP contribution in [0.3, 0.4) is 0 Å². The third-order valence-corrected chi connectivity index (χ3v) is 4.57. The van der Waals surface area contributed by atoms with Crippen LogP contribution in [0.25, 0.3) is 0 Å². The molecule has 5 nitrogen and oxygen atoms in total. The van der Waals surface area contributed by atoms with Gasteiger partial charge in [-0.2, -0.15) is 0 Å². The molecular weight excluding hydrogens is 378 g/mol. The number of carbonyl (C=O) groups is 2. The summed E-state index contributed by atoms with van der Waals surface area (Å²) in [6.07, 6.45) is -0.311. The molecule has 0 fully saturated rings. The Kier molecular flexibility index (Phi) is 7.22. The van der Waals surface area contributed by atoms with Gasteiger partial charge in [0.2, 0.25) is 6.10 Å². The molecule has 0 bridgehead atoms. The van der Waals surface area contributed by atoms with E-state index in [4.69, 9.17) is 9.47 Å². The summed E-state index contributed by atoms with van der Waals surface area (Å²) in [5.41, 5.74) is 2.74. The van der Waals surface area contributed by atoms with Crippen LogP contribution in [0.4, 0.5) is 0 Å². The van der Waals surface area contributed by atoms with Gasteiger partial charge >= 0.3 is 5.97 Å². The van der Waals surface area contributed by atoms with Gasteiger partial charge in [0, 0.05) is 26.1 Å². The number of amides is 1. The highest BCUT2D eigenvalue weighted by Crippen LogP contribution is 2.23. The first-order valence-electron chi connectivity index (χ1n) is 9.75. The number of hydrogen-bond acceptors (Lipinski definition) is 4. The maximum atomic E-state index is 12.5. The first-order valence-corrected chi connectivity index (χ1v) is 9.75. The molecule has 3 aromatic rings. The van der Waals surface area contributed by atoms with Crippen molar-refractivity contribution in [2.45, 2.75) is 12.5 Å². The molecule has 0 saturated heterocycles. The Balaban J connectivity index is 1.67. The monoisotopic (exact) mass is 403 g/mol. The van der Waals surface area contributed by atoms with Gasteiger partial charge in [-0.1, -0.05) is 78.9 Å². The number of para-hydroxylation sites is 1. The minimum atomic E-state index is -1.00. The van der Waals surface area contributed by atoms with Crippen molar-refractivity contribution in [3.05, 3.63) is 102 Å². The first-order chi connectivity index (χ1) is 14.5. The fourth-order valence-corrected chi connectivity index (χ4v) is 3.03. The van der Waals surface area contributed by atoms with Crippen molar-refractivity contribution in [1.29, 1.82) is 0 Å². The van der Waals surface area contributed by atoms with Crippen LogP contribution in [-0.4, -0.2) is 37.5 Å². The van der Waals surface area contributed by atoms with E-state index in [9.17, 15) is 9.59 Å². The van der Waals surface area contributed by atoms with E-state index in [0.29, 0.717) is 17.7 Å². The second kappa shape index (κ2) is 10.3. The molecule has 0 aliphatic heterocycles. The lowest BCUT2D eigenvalue weighted by Gasteiger charge is -2.21. The fourth-order valence-electron chi connectivity index (χ4n) is 3.03. The number of rotatable bonds is 8. The predicted molar refractivity (Wildman–Crippen MR) is 115 cm³/mol. The highest BCUT2D eigenvalue weighted by molar-refractivity contribution is 5.85. The Labute approximate surface area is 176 Å². The summed E-state index contributed by atoms with van der Waals surface area (Å²) in [4.78, 5) is 26.4. The molecule has 0 heterocycles. The number of esters is 1. The Morgan fingerprint density at radius 3 is 2.10 bits per heavy atom. The number of ether oxygens (including phenoxy) is 2. The normalized spacial score (nSPS) is 11.4. The first kappa shape index (κ1) is 21.1. The minimum absolute atomic E-state index is 0.282. The smallest absolute Gasteiger partial charge is 0.345 e. The fraction of sp³-hybridized carbons (Fsp3) is 0.200. The van der Waals surface area contributed by atoms with Gasteiger partial charge in [0.15, 0.2) is 6.61 Å². The zero-order valence-corrected chi connectivity index (χ0v) is 17.2. The number of benzene rings is 3. The van der Waals surface area contributed by atoms with E-state index < -0.39 is 12.1 Å². The SMILES string of the molecule is CN(C)C(=O)C(OC(=O)COc1ccccc1Cc1ccccc1)c1ccccc1. The van der Waals surface area contributed by atoms with E-state index in [1.54, 1.807) is 38.4 Å². The molecule has 1 atom stereocenters. The van der Waals surface area contributed by atoms with Crippen molar-refractivity contribution >= 4 is 11.9 Å². The number of likely N-dealkylation sites (N-methyl/N-ethyl adjacent to an activating group) is 1. The zero-order valence-electron chi connectivity index (χ0n) is 17.2. The molecule has 5 heteroatoms. The second-order valence-electron chi connectivity index (χ2n) is 7.07. The highest BCUT2D eigenvalue weighted by atomic mass is 16.6. The molecule has 30 heavy (non-hydrogen) atoms. The van der Waals surface area contributed by atoms with Crippen molar-refractivity contribution in [1.82, 2.24) is 4.90 Å². The van der Waals surface area contributed by atoms with Crippen molar-refractivity contribution in [2.24, 2.45) is 0 Å². The zero-order chi connectivity index (χ0) is 21.3. The number of nitrogens with zero attached hydrogens (tertiary/aromatic N) is 1. The predicted octanol–water partition coefficient (Wildman–Crippen LogP) is 4.03. The van der Waals surface area contributed by atoms with Gasteiger partial charge in [0.05, 0.1) is 0 Å². The Bertz CT molecular complexity index is 971. The largest absolute Gasteiger partial charge is 0.482 e. The van der Waals surface area contributed by atoms with Crippen LogP contribution in [0.1, 0.15) is 22.8 Å². The van der Waals surface area contributed by atoms with Gasteiger partial charge in [-0.25, -0.2) is 4.79 Å². The third kappa shape index (κ3) is 5.70. The molecular formula is C25H25NO4. The Morgan fingerprint density at radius 1 is 0.833 bits per heavy atom. The summed E-state index contributed by atoms with van der Waals surface area (Å²) in [6, 6.07) is 26.6. The van der Waals surface area contributed by atoms with Crippen molar-refractivity contribution in [2.75, 3.05) is 20.7 Å². The molecule has 0 saturated carbocycles. The van der Waals surface area contributed by atoms with E-state index in [1.165, 1.54) is 4.90 Å². The molecule has 3 rings (SSSR count). The van der Waals surface area contributed by atoms with Gasteiger partial charge in [-0.15, -0.1) is 0 Å². The molecule has 0 aliphatic rings. The van der Waals surface area contributed by atoms with Gasteiger partial charge < -0.3 is 14.4 Å². The second-order valence-corrected chi connectivity index (χ2v) is 7.07. The van der Waals surface area contributed by atoms with Crippen LogP contribution in [-0.2, 0) is 20.7 Å². The molecule has 0 radical (unpaired) electrons. The molecule has 0 N–H and O–H groups in total. The summed E-state index contributed by atoms with van der Waals surface area (Å²) in [6.45, 7) is -0.282. The third-order valence-electron chi connectivity index (χ3n) is 4.57. The Morgan fingerprint density at radius 2 is 1.43 bits per heavy atom. The summed E-state index contributed by atoms with van der Waals surface area (Å²) < 4.78 is 11.2. The molecule has 3 aromatic carbocycles. The van der Waals surface area contributed by atoms with Crippen molar-refractivity contribution in [3.63, 3.8) is 0 Å². The van der Waals surface area contributed by atoms with Gasteiger partial charge in [0.25, 0.3) is 5.91 Å². The average Bonchev–Trinajstić information content (AvgIpc) is 2.77. The molecule has 0 spiro atoms. The minimum Gasteiger partial charge on any atom is -0.482 e. The molecule has 1 amide bonds. The van der Waals surface area contributed by atoms with E-state index in [-0.39, 0.29) is 12.5 Å². The van der Waals surface area contributed by atoms with Crippen LogP contribution in [0.5, 0.6) is 5.75 Å². The molecule has 1 unspecified atom stereocenters. The summed E-state index contributed by atoms with van der Waals surface area (Å²) in [5, 5.41) is 0. The topological polar surface area (TPSA) is 55.8 Å². The molecule has 0 aliphatic carbocycles. The van der Waals surface area contributed by atoms with Gasteiger partial charge in [-0.3, -0.25) is 4.79 Å². The van der Waals surface area contributed by atoms with E-state index in [1.807, 2.05) is 60.7 Å². The molecule has 0 aromatic heterocycles. The van der Waals surface area contributed by atoms with E-state index in [2.05, 4.69) is 0 Å². The van der Waals surface area contributed by atoms with Gasteiger partial charge in [-0.05, 0) is 17.2 Å². The van der Waals surface area contributed by atoms with Crippen molar-refractivity contribution in [3.8, 4) is 5.75 Å². The van der Waals surface area contributed by atoms with Crippen LogP contribution >= 0.6 is 0 Å². The van der Waals surface area contributed by atoms with Crippen LogP contribution in [0.15, 0.2) is 84.9 Å². The maximum Gasteiger partial charge on any atom is 0.345 e.